The van der Waals surface area contributed by atoms with E-state index in [1.165, 1.54) is 0 Å². The van der Waals surface area contributed by atoms with E-state index in [2.05, 4.69) is 26.2 Å². The van der Waals surface area contributed by atoms with Gasteiger partial charge in [0.05, 0.1) is 0 Å². The van der Waals surface area contributed by atoms with Crippen LogP contribution in [0.25, 0.3) is 0 Å². The summed E-state index contributed by atoms with van der Waals surface area (Å²) in [5.74, 6) is 0. The molecule has 0 atom stereocenters. The van der Waals surface area contributed by atoms with Crippen LogP contribution in [0, 0.1) is 6.55 Å². The van der Waals surface area contributed by atoms with Crippen molar-refractivity contribution >= 4 is 8.07 Å². The van der Waals surface area contributed by atoms with E-state index < -0.39 is 8.07 Å². The molecule has 0 aromatic carbocycles. The van der Waals surface area contributed by atoms with Gasteiger partial charge in [0, 0.05) is 25.8 Å². The third-order valence-electron chi connectivity index (χ3n) is 0. The van der Waals surface area contributed by atoms with Gasteiger partial charge in [0.2, 0.25) is 0 Å². The zero-order chi connectivity index (χ0) is 4.50. The van der Waals surface area contributed by atoms with Crippen molar-refractivity contribution in [3.8, 4) is 0 Å². The third-order valence-corrected chi connectivity index (χ3v) is 0. The molecule has 0 amide bonds. The molecule has 36 valence electrons. The Morgan fingerprint density at radius 2 is 1.17 bits per heavy atom. The molecule has 0 heterocycles. The van der Waals surface area contributed by atoms with Crippen LogP contribution in [0.3, 0.4) is 0 Å². The second kappa shape index (κ2) is 3.14. The van der Waals surface area contributed by atoms with Crippen LogP contribution in [0.15, 0.2) is 0 Å². The number of hydrogen-bond donors (Lipinski definition) is 0. The normalized spacial score (nSPS) is 10.0. The SMILES string of the molecule is [CH2-][Si](C)(C)C.[Hf]. The van der Waals surface area contributed by atoms with Gasteiger partial charge in [-0.15, -0.1) is 8.07 Å². The van der Waals surface area contributed by atoms with Gasteiger partial charge in [-0.25, -0.2) is 0 Å². The number of rotatable bonds is 0. The molecule has 6 heavy (non-hydrogen) atoms. The molecule has 0 radical (unpaired) electrons. The predicted octanol–water partition coefficient (Wildman–Crippen LogP) is 1.70. The van der Waals surface area contributed by atoms with Gasteiger partial charge in [-0.2, -0.15) is 0 Å². The van der Waals surface area contributed by atoms with Crippen molar-refractivity contribution in [2.24, 2.45) is 0 Å². The zero-order valence-electron chi connectivity index (χ0n) is 4.71. The Morgan fingerprint density at radius 1 is 1.17 bits per heavy atom. The maximum Gasteiger partial charge on any atom is 0 e. The summed E-state index contributed by atoms with van der Waals surface area (Å²) in [6.45, 7) is 10.6. The van der Waals surface area contributed by atoms with Crippen LogP contribution in [0.4, 0.5) is 0 Å². The monoisotopic (exact) mass is 267 g/mol. The molecule has 0 aromatic rings. The Kier molecular flexibility index (Phi) is 5.30. The fourth-order valence-corrected chi connectivity index (χ4v) is 0. The summed E-state index contributed by atoms with van der Waals surface area (Å²) in [6.07, 6.45) is 0. The first-order chi connectivity index (χ1) is 2.00. The summed E-state index contributed by atoms with van der Waals surface area (Å²) in [7, 11) is -0.861. The summed E-state index contributed by atoms with van der Waals surface area (Å²) >= 11 is 0. The van der Waals surface area contributed by atoms with E-state index in [4.69, 9.17) is 0 Å². The van der Waals surface area contributed by atoms with Crippen LogP contribution in [0.5, 0.6) is 0 Å². The van der Waals surface area contributed by atoms with Crippen molar-refractivity contribution in [3.63, 3.8) is 0 Å². The first-order valence-electron chi connectivity index (χ1n) is 1.85. The van der Waals surface area contributed by atoms with Gasteiger partial charge in [0.15, 0.2) is 0 Å². The molecular weight excluding hydrogens is 255 g/mol. The average molecular weight is 266 g/mol. The van der Waals surface area contributed by atoms with Crippen LogP contribution in [-0.4, -0.2) is 8.07 Å². The molecule has 2 heteroatoms. The van der Waals surface area contributed by atoms with E-state index in [9.17, 15) is 0 Å². The van der Waals surface area contributed by atoms with Crippen molar-refractivity contribution < 1.29 is 25.8 Å². The second-order valence-corrected chi connectivity index (χ2v) is 7.68. The van der Waals surface area contributed by atoms with E-state index >= 15 is 0 Å². The minimum atomic E-state index is -0.861. The summed E-state index contributed by atoms with van der Waals surface area (Å²) in [6, 6.07) is 0. The van der Waals surface area contributed by atoms with Crippen molar-refractivity contribution in [3.05, 3.63) is 6.55 Å². The fraction of sp³-hybridized carbons (Fsp3) is 0.750. The fourth-order valence-electron chi connectivity index (χ4n) is 0. The summed E-state index contributed by atoms with van der Waals surface area (Å²) < 4.78 is 0. The third kappa shape index (κ3) is 71.9. The molecule has 0 N–H and O–H groups in total. The molecule has 0 saturated carbocycles. The van der Waals surface area contributed by atoms with Gasteiger partial charge in [-0.1, -0.05) is 19.6 Å². The largest absolute Gasteiger partial charge is 0.342 e. The maximum atomic E-state index is 3.91. The molecule has 0 saturated heterocycles. The van der Waals surface area contributed by atoms with Gasteiger partial charge >= 0.3 is 0 Å². The quantitative estimate of drug-likeness (QED) is 0.462. The Bertz CT molecular complexity index is 23.0. The summed E-state index contributed by atoms with van der Waals surface area (Å²) in [5, 5.41) is 0. The van der Waals surface area contributed by atoms with E-state index in [0.29, 0.717) is 0 Å². The minimum absolute atomic E-state index is 0. The average Bonchev–Trinajstić information content (AvgIpc) is 0.722. The van der Waals surface area contributed by atoms with E-state index in [0.717, 1.165) is 0 Å². The van der Waals surface area contributed by atoms with Crippen molar-refractivity contribution in [1.82, 2.24) is 0 Å². The molecule has 0 unspecified atom stereocenters. The maximum absolute atomic E-state index is 3.91. The Labute approximate surface area is 60.1 Å². The van der Waals surface area contributed by atoms with Gasteiger partial charge in [-0.3, -0.25) is 0 Å². The van der Waals surface area contributed by atoms with Gasteiger partial charge < -0.3 is 6.55 Å². The Hall–Kier alpha value is 1.09. The molecule has 0 aromatic heterocycles. The van der Waals surface area contributed by atoms with E-state index in [1.54, 1.807) is 0 Å². The van der Waals surface area contributed by atoms with Gasteiger partial charge in [0.25, 0.3) is 0 Å². The molecule has 0 fully saturated rings. The first-order valence-corrected chi connectivity index (χ1v) is 5.56. The van der Waals surface area contributed by atoms with Crippen LogP contribution >= 0.6 is 0 Å². The molecule has 0 aliphatic heterocycles. The minimum Gasteiger partial charge on any atom is -0.342 e. The Balaban J connectivity index is 0. The molecule has 0 bridgehead atoms. The van der Waals surface area contributed by atoms with Crippen LogP contribution in [0.1, 0.15) is 0 Å². The standard InChI is InChI=1S/C4H11Si.Hf/c1-5(2,3)4;/h1H2,2-4H3;/q-1;. The van der Waals surface area contributed by atoms with Crippen LogP contribution in [0.2, 0.25) is 19.6 Å². The molecule has 0 spiro atoms. The zero-order valence-corrected chi connectivity index (χ0v) is 9.30. The predicted molar refractivity (Wildman–Crippen MR) is 28.7 cm³/mol. The summed E-state index contributed by atoms with van der Waals surface area (Å²) in [4.78, 5) is 0. The van der Waals surface area contributed by atoms with Gasteiger partial charge in [-0.05, 0) is 0 Å². The van der Waals surface area contributed by atoms with Gasteiger partial charge in [0.1, 0.15) is 0 Å². The van der Waals surface area contributed by atoms with Crippen molar-refractivity contribution in [2.45, 2.75) is 19.6 Å². The number of hydrogen-bond acceptors (Lipinski definition) is 0. The van der Waals surface area contributed by atoms with Crippen molar-refractivity contribution in [1.29, 1.82) is 0 Å². The molecule has 0 nitrogen and oxygen atoms in total. The second-order valence-electron chi connectivity index (χ2n) is 2.56. The molecule has 0 rings (SSSR count). The topological polar surface area (TPSA) is 0 Å². The van der Waals surface area contributed by atoms with E-state index in [1.807, 2.05) is 0 Å². The van der Waals surface area contributed by atoms with Crippen molar-refractivity contribution in [2.75, 3.05) is 0 Å². The molecule has 0 aliphatic carbocycles. The smallest absolute Gasteiger partial charge is 0 e. The molecular formula is C4H11HfSi-. The molecule has 0 aliphatic rings. The van der Waals surface area contributed by atoms with Crippen LogP contribution < -0.4 is 0 Å². The first kappa shape index (κ1) is 10.1. The van der Waals surface area contributed by atoms with Crippen LogP contribution in [-0.2, 0) is 25.8 Å². The Morgan fingerprint density at radius 3 is 1.17 bits per heavy atom. The summed E-state index contributed by atoms with van der Waals surface area (Å²) in [5.41, 5.74) is 0. The van der Waals surface area contributed by atoms with E-state index in [-0.39, 0.29) is 25.8 Å².